The van der Waals surface area contributed by atoms with Gasteiger partial charge in [0.05, 0.1) is 12.0 Å². The summed E-state index contributed by atoms with van der Waals surface area (Å²) in [6.07, 6.45) is 6.17. The molecule has 0 amide bonds. The summed E-state index contributed by atoms with van der Waals surface area (Å²) in [6, 6.07) is 6.41. The molecule has 1 atom stereocenters. The van der Waals surface area contributed by atoms with Gasteiger partial charge >= 0.3 is 0 Å². The summed E-state index contributed by atoms with van der Waals surface area (Å²) in [5.74, 6) is 2.30. The van der Waals surface area contributed by atoms with Crippen LogP contribution in [0.5, 0.6) is 5.75 Å². The smallest absolute Gasteiger partial charge is 0.174 e. The molecular weight excluding hydrogens is 256 g/mol. The summed E-state index contributed by atoms with van der Waals surface area (Å²) in [6.45, 7) is 1.42. The summed E-state index contributed by atoms with van der Waals surface area (Å²) in [7, 11) is 0. The number of phenols is 1. The summed E-state index contributed by atoms with van der Waals surface area (Å²) in [5, 5.41) is 18.8. The Kier molecular flexibility index (Phi) is 3.81. The number of ether oxygens (including phenoxy) is 1. The Morgan fingerprint density at radius 2 is 2.10 bits per heavy atom. The van der Waals surface area contributed by atoms with Crippen molar-refractivity contribution in [3.8, 4) is 18.1 Å². The first-order valence-electron chi connectivity index (χ1n) is 6.08. The number of carbonyl (C=O) groups is 1. The fraction of sp³-hybridized carbons (Fsp3) is 0.188. The fourth-order valence-electron chi connectivity index (χ4n) is 2.10. The Labute approximate surface area is 117 Å². The van der Waals surface area contributed by atoms with Gasteiger partial charge in [-0.3, -0.25) is 4.79 Å². The van der Waals surface area contributed by atoms with Gasteiger partial charge in [-0.25, -0.2) is 0 Å². The average molecular weight is 270 g/mol. The SMILES string of the molecule is C#C/C=C1/O[C@H](c2ccc(O)cc2)CC(=O)/C1=C(/C)O. The Morgan fingerprint density at radius 1 is 1.45 bits per heavy atom. The molecule has 0 bridgehead atoms. The molecule has 0 saturated carbocycles. The number of hydrogen-bond acceptors (Lipinski definition) is 4. The highest BCUT2D eigenvalue weighted by molar-refractivity contribution is 6.00. The molecule has 102 valence electrons. The Bertz CT molecular complexity index is 625. The molecule has 0 radical (unpaired) electrons. The Hall–Kier alpha value is -2.67. The van der Waals surface area contributed by atoms with Crippen molar-refractivity contribution in [2.45, 2.75) is 19.4 Å². The maximum atomic E-state index is 12.1. The number of aliphatic hydroxyl groups excluding tert-OH is 1. The molecule has 20 heavy (non-hydrogen) atoms. The number of phenolic OH excluding ortho intramolecular Hbond substituents is 1. The molecule has 2 rings (SSSR count). The van der Waals surface area contributed by atoms with Gasteiger partial charge < -0.3 is 14.9 Å². The van der Waals surface area contributed by atoms with Crippen molar-refractivity contribution in [1.29, 1.82) is 0 Å². The van der Waals surface area contributed by atoms with Crippen LogP contribution in [0.1, 0.15) is 25.0 Å². The molecule has 0 aromatic heterocycles. The number of aliphatic hydroxyl groups is 1. The zero-order valence-corrected chi connectivity index (χ0v) is 11.0. The molecule has 0 unspecified atom stereocenters. The lowest BCUT2D eigenvalue weighted by Gasteiger charge is -2.27. The van der Waals surface area contributed by atoms with Gasteiger partial charge in [0, 0.05) is 6.08 Å². The van der Waals surface area contributed by atoms with Crippen molar-refractivity contribution in [3.05, 3.63) is 53.0 Å². The molecule has 4 heteroatoms. The lowest BCUT2D eigenvalue weighted by Crippen LogP contribution is -2.22. The van der Waals surface area contributed by atoms with Crippen LogP contribution in [0.4, 0.5) is 0 Å². The van der Waals surface area contributed by atoms with Crippen LogP contribution in [0.3, 0.4) is 0 Å². The van der Waals surface area contributed by atoms with Crippen LogP contribution in [0.15, 0.2) is 47.4 Å². The van der Waals surface area contributed by atoms with Gasteiger partial charge in [-0.15, -0.1) is 6.42 Å². The van der Waals surface area contributed by atoms with E-state index in [1.807, 2.05) is 0 Å². The quantitative estimate of drug-likeness (QED) is 0.468. The Morgan fingerprint density at radius 3 is 2.65 bits per heavy atom. The van der Waals surface area contributed by atoms with Crippen molar-refractivity contribution in [3.63, 3.8) is 0 Å². The lowest BCUT2D eigenvalue weighted by atomic mass is 9.94. The highest BCUT2D eigenvalue weighted by Crippen LogP contribution is 2.35. The van der Waals surface area contributed by atoms with Crippen LogP contribution in [0.2, 0.25) is 0 Å². The van der Waals surface area contributed by atoms with Crippen LogP contribution >= 0.6 is 0 Å². The number of Topliss-reactive ketones (excluding diaryl/α,β-unsaturated/α-hetero) is 1. The van der Waals surface area contributed by atoms with E-state index in [1.54, 1.807) is 12.1 Å². The molecule has 1 aliphatic rings. The Balaban J connectivity index is 2.36. The zero-order chi connectivity index (χ0) is 14.7. The van der Waals surface area contributed by atoms with Gasteiger partial charge in [0.25, 0.3) is 0 Å². The second kappa shape index (κ2) is 5.54. The van der Waals surface area contributed by atoms with Crippen molar-refractivity contribution in [2.75, 3.05) is 0 Å². The lowest BCUT2D eigenvalue weighted by molar-refractivity contribution is -0.120. The largest absolute Gasteiger partial charge is 0.512 e. The van der Waals surface area contributed by atoms with Crippen molar-refractivity contribution in [2.24, 2.45) is 0 Å². The molecule has 1 saturated heterocycles. The number of ketones is 1. The minimum atomic E-state index is -0.481. The third-order valence-corrected chi connectivity index (χ3v) is 3.01. The van der Waals surface area contributed by atoms with Crippen LogP contribution in [-0.2, 0) is 9.53 Å². The topological polar surface area (TPSA) is 66.8 Å². The number of carbonyl (C=O) groups excluding carboxylic acids is 1. The van der Waals surface area contributed by atoms with Crippen molar-refractivity contribution in [1.82, 2.24) is 0 Å². The number of allylic oxidation sites excluding steroid dienone is 3. The molecule has 1 aliphatic heterocycles. The summed E-state index contributed by atoms with van der Waals surface area (Å²) in [5.41, 5.74) is 0.881. The van der Waals surface area contributed by atoms with E-state index in [2.05, 4.69) is 5.92 Å². The van der Waals surface area contributed by atoms with Crippen molar-refractivity contribution < 1.29 is 19.7 Å². The van der Waals surface area contributed by atoms with Crippen LogP contribution in [-0.4, -0.2) is 16.0 Å². The maximum absolute atomic E-state index is 12.1. The van der Waals surface area contributed by atoms with Gasteiger partial charge in [0.2, 0.25) is 0 Å². The average Bonchev–Trinajstić information content (AvgIpc) is 2.38. The van der Waals surface area contributed by atoms with E-state index < -0.39 is 6.10 Å². The predicted molar refractivity (Wildman–Crippen MR) is 73.8 cm³/mol. The molecule has 0 aliphatic carbocycles. The predicted octanol–water partition coefficient (Wildman–Crippen LogP) is 2.77. The van der Waals surface area contributed by atoms with Crippen molar-refractivity contribution >= 4 is 5.78 Å². The second-order valence-electron chi connectivity index (χ2n) is 4.46. The molecular formula is C16H14O4. The first kappa shape index (κ1) is 13.8. The normalized spacial score (nSPS) is 23.1. The van der Waals surface area contributed by atoms with E-state index in [0.717, 1.165) is 5.56 Å². The van der Waals surface area contributed by atoms with E-state index in [-0.39, 0.29) is 35.0 Å². The molecule has 1 aromatic rings. The van der Waals surface area contributed by atoms with E-state index in [9.17, 15) is 15.0 Å². The minimum Gasteiger partial charge on any atom is -0.512 e. The summed E-state index contributed by atoms with van der Waals surface area (Å²) >= 11 is 0. The maximum Gasteiger partial charge on any atom is 0.174 e. The number of rotatable bonds is 1. The highest BCUT2D eigenvalue weighted by atomic mass is 16.5. The standard InChI is InChI=1S/C16H14O4/c1-3-4-14-16(10(2)17)13(19)9-15(20-14)11-5-7-12(18)8-6-11/h1,4-8,15,17-18H,9H2,2H3/b14-4+,16-10+/t15-/m0/s1. The fourth-order valence-corrected chi connectivity index (χ4v) is 2.10. The van der Waals surface area contributed by atoms with Gasteiger partial charge in [-0.2, -0.15) is 0 Å². The first-order chi connectivity index (χ1) is 9.52. The number of aromatic hydroxyl groups is 1. The van der Waals surface area contributed by atoms with Crippen LogP contribution in [0, 0.1) is 12.3 Å². The van der Waals surface area contributed by atoms with Crippen LogP contribution < -0.4 is 0 Å². The molecule has 1 heterocycles. The third kappa shape index (κ3) is 2.67. The minimum absolute atomic E-state index is 0.111. The van der Waals surface area contributed by atoms with E-state index >= 15 is 0 Å². The van der Waals surface area contributed by atoms with E-state index in [4.69, 9.17) is 11.2 Å². The summed E-state index contributed by atoms with van der Waals surface area (Å²) in [4.78, 5) is 12.1. The number of benzene rings is 1. The molecule has 0 spiro atoms. The number of hydrogen-bond donors (Lipinski definition) is 2. The van der Waals surface area contributed by atoms with Gasteiger partial charge in [0.1, 0.15) is 23.4 Å². The van der Waals surface area contributed by atoms with Crippen LogP contribution in [0.25, 0.3) is 0 Å². The molecule has 2 N–H and O–H groups in total. The van der Waals surface area contributed by atoms with Gasteiger partial charge in [-0.1, -0.05) is 18.1 Å². The third-order valence-electron chi connectivity index (χ3n) is 3.01. The summed E-state index contributed by atoms with van der Waals surface area (Å²) < 4.78 is 5.70. The second-order valence-corrected chi connectivity index (χ2v) is 4.46. The van der Waals surface area contributed by atoms with E-state index in [0.29, 0.717) is 0 Å². The van der Waals surface area contributed by atoms with Gasteiger partial charge in [-0.05, 0) is 24.6 Å². The molecule has 1 fully saturated rings. The monoisotopic (exact) mass is 270 g/mol. The van der Waals surface area contributed by atoms with E-state index in [1.165, 1.54) is 25.1 Å². The molecule has 1 aromatic carbocycles. The van der Waals surface area contributed by atoms with Gasteiger partial charge in [0.15, 0.2) is 5.78 Å². The molecule has 4 nitrogen and oxygen atoms in total. The zero-order valence-electron chi connectivity index (χ0n) is 11.0. The number of terminal acetylenes is 1. The first-order valence-corrected chi connectivity index (χ1v) is 6.08. The highest BCUT2D eigenvalue weighted by Gasteiger charge is 2.31.